The molecule has 1 amide bonds. The van der Waals surface area contributed by atoms with Gasteiger partial charge in [-0.05, 0) is 30.0 Å². The van der Waals surface area contributed by atoms with Crippen molar-refractivity contribution in [3.8, 4) is 0 Å². The molecular formula is C16H24N2O2. The fraction of sp³-hybridized carbons (Fsp3) is 0.562. The standard InChI is InChI=1S/C16H24N2O2/c1-11(2)15-14(7-8-20-15)10-18-16(19)13-5-3-12(9-17)4-6-13/h3-6,11,14-15H,7-10,17H2,1-2H3,(H,18,19). The largest absolute Gasteiger partial charge is 0.378 e. The topological polar surface area (TPSA) is 64.3 Å². The zero-order chi connectivity index (χ0) is 14.5. The normalized spacial score (nSPS) is 22.2. The van der Waals surface area contributed by atoms with Gasteiger partial charge in [0, 0.05) is 31.2 Å². The van der Waals surface area contributed by atoms with Crippen LogP contribution in [0.5, 0.6) is 0 Å². The Kier molecular flexibility index (Phi) is 5.15. The van der Waals surface area contributed by atoms with E-state index in [0.717, 1.165) is 18.6 Å². The van der Waals surface area contributed by atoms with Crippen molar-refractivity contribution in [3.63, 3.8) is 0 Å². The lowest BCUT2D eigenvalue weighted by Crippen LogP contribution is -2.34. The van der Waals surface area contributed by atoms with Gasteiger partial charge < -0.3 is 15.8 Å². The summed E-state index contributed by atoms with van der Waals surface area (Å²) >= 11 is 0. The van der Waals surface area contributed by atoms with Crippen molar-refractivity contribution in [2.45, 2.75) is 32.9 Å². The fourth-order valence-corrected chi connectivity index (χ4v) is 2.73. The number of benzene rings is 1. The second-order valence-electron chi connectivity index (χ2n) is 5.74. The first-order chi connectivity index (χ1) is 9.61. The summed E-state index contributed by atoms with van der Waals surface area (Å²) < 4.78 is 5.73. The molecular weight excluding hydrogens is 252 g/mol. The van der Waals surface area contributed by atoms with Gasteiger partial charge in [-0.3, -0.25) is 4.79 Å². The van der Waals surface area contributed by atoms with E-state index in [2.05, 4.69) is 19.2 Å². The Morgan fingerprint density at radius 3 is 2.70 bits per heavy atom. The summed E-state index contributed by atoms with van der Waals surface area (Å²) in [6.07, 6.45) is 1.28. The molecule has 4 heteroatoms. The predicted octanol–water partition coefficient (Wildman–Crippen LogP) is 1.94. The number of nitrogens with one attached hydrogen (secondary N) is 1. The van der Waals surface area contributed by atoms with Crippen LogP contribution in [0.25, 0.3) is 0 Å². The van der Waals surface area contributed by atoms with Crippen LogP contribution in [-0.2, 0) is 11.3 Å². The predicted molar refractivity (Wildman–Crippen MR) is 79.4 cm³/mol. The van der Waals surface area contributed by atoms with E-state index < -0.39 is 0 Å². The number of nitrogens with two attached hydrogens (primary N) is 1. The highest BCUT2D eigenvalue weighted by Gasteiger charge is 2.30. The number of carbonyl (C=O) groups excluding carboxylic acids is 1. The van der Waals surface area contributed by atoms with Gasteiger partial charge in [-0.1, -0.05) is 26.0 Å². The van der Waals surface area contributed by atoms with Crippen LogP contribution in [0.4, 0.5) is 0 Å². The van der Waals surface area contributed by atoms with Gasteiger partial charge in [0.25, 0.3) is 5.91 Å². The average molecular weight is 276 g/mol. The lowest BCUT2D eigenvalue weighted by Gasteiger charge is -2.22. The highest BCUT2D eigenvalue weighted by molar-refractivity contribution is 5.94. The van der Waals surface area contributed by atoms with Gasteiger partial charge in [0.2, 0.25) is 0 Å². The number of hydrogen-bond acceptors (Lipinski definition) is 3. The lowest BCUT2D eigenvalue weighted by atomic mass is 9.93. The molecule has 20 heavy (non-hydrogen) atoms. The highest BCUT2D eigenvalue weighted by Crippen LogP contribution is 2.26. The van der Waals surface area contributed by atoms with Crippen molar-refractivity contribution in [3.05, 3.63) is 35.4 Å². The smallest absolute Gasteiger partial charge is 0.251 e. The molecule has 1 aromatic carbocycles. The summed E-state index contributed by atoms with van der Waals surface area (Å²) in [7, 11) is 0. The van der Waals surface area contributed by atoms with Crippen molar-refractivity contribution >= 4 is 5.91 Å². The van der Waals surface area contributed by atoms with E-state index in [4.69, 9.17) is 10.5 Å². The molecule has 4 nitrogen and oxygen atoms in total. The molecule has 0 bridgehead atoms. The Bertz CT molecular complexity index is 442. The van der Waals surface area contributed by atoms with E-state index in [1.165, 1.54) is 0 Å². The molecule has 0 radical (unpaired) electrons. The van der Waals surface area contributed by atoms with E-state index >= 15 is 0 Å². The van der Waals surface area contributed by atoms with E-state index in [1.54, 1.807) is 0 Å². The van der Waals surface area contributed by atoms with Crippen LogP contribution in [0, 0.1) is 11.8 Å². The number of hydrogen-bond donors (Lipinski definition) is 2. The molecule has 0 saturated carbocycles. The third-order valence-corrected chi connectivity index (χ3v) is 3.90. The Labute approximate surface area is 120 Å². The molecule has 2 atom stereocenters. The third kappa shape index (κ3) is 3.58. The Balaban J connectivity index is 1.88. The van der Waals surface area contributed by atoms with Crippen LogP contribution < -0.4 is 11.1 Å². The molecule has 1 saturated heterocycles. The Morgan fingerprint density at radius 2 is 2.10 bits per heavy atom. The molecule has 0 aliphatic carbocycles. The number of amides is 1. The summed E-state index contributed by atoms with van der Waals surface area (Å²) in [6.45, 7) is 6.30. The van der Waals surface area contributed by atoms with Gasteiger partial charge in [0.15, 0.2) is 0 Å². The van der Waals surface area contributed by atoms with Gasteiger partial charge >= 0.3 is 0 Å². The highest BCUT2D eigenvalue weighted by atomic mass is 16.5. The second kappa shape index (κ2) is 6.86. The summed E-state index contributed by atoms with van der Waals surface area (Å²) in [5.41, 5.74) is 7.26. The van der Waals surface area contributed by atoms with Crippen LogP contribution in [0.15, 0.2) is 24.3 Å². The van der Waals surface area contributed by atoms with Gasteiger partial charge in [0.05, 0.1) is 6.10 Å². The molecule has 110 valence electrons. The van der Waals surface area contributed by atoms with Crippen LogP contribution in [0.2, 0.25) is 0 Å². The maximum absolute atomic E-state index is 12.1. The minimum Gasteiger partial charge on any atom is -0.378 e. The number of carbonyl (C=O) groups is 1. The maximum Gasteiger partial charge on any atom is 0.251 e. The molecule has 1 heterocycles. The SMILES string of the molecule is CC(C)C1OCCC1CNC(=O)c1ccc(CN)cc1. The van der Waals surface area contributed by atoms with Crippen molar-refractivity contribution in [2.75, 3.05) is 13.2 Å². The quantitative estimate of drug-likeness (QED) is 0.864. The molecule has 1 aliphatic rings. The van der Waals surface area contributed by atoms with Crippen LogP contribution >= 0.6 is 0 Å². The van der Waals surface area contributed by atoms with E-state index in [-0.39, 0.29) is 12.0 Å². The van der Waals surface area contributed by atoms with Crippen molar-refractivity contribution in [2.24, 2.45) is 17.6 Å². The molecule has 2 unspecified atom stereocenters. The molecule has 2 rings (SSSR count). The molecule has 0 spiro atoms. The third-order valence-electron chi connectivity index (χ3n) is 3.90. The average Bonchev–Trinajstić information content (AvgIpc) is 2.93. The Morgan fingerprint density at radius 1 is 1.40 bits per heavy atom. The van der Waals surface area contributed by atoms with Crippen LogP contribution in [-0.4, -0.2) is 25.2 Å². The minimum absolute atomic E-state index is 0.0250. The van der Waals surface area contributed by atoms with E-state index in [1.807, 2.05) is 24.3 Å². The lowest BCUT2D eigenvalue weighted by molar-refractivity contribution is 0.0533. The van der Waals surface area contributed by atoms with Crippen LogP contribution in [0.3, 0.4) is 0 Å². The molecule has 3 N–H and O–H groups in total. The van der Waals surface area contributed by atoms with Gasteiger partial charge in [-0.25, -0.2) is 0 Å². The van der Waals surface area contributed by atoms with Gasteiger partial charge in [-0.15, -0.1) is 0 Å². The summed E-state index contributed by atoms with van der Waals surface area (Å²) in [5, 5.41) is 3.01. The fourth-order valence-electron chi connectivity index (χ4n) is 2.73. The van der Waals surface area contributed by atoms with Gasteiger partial charge in [0.1, 0.15) is 0 Å². The second-order valence-corrected chi connectivity index (χ2v) is 5.74. The van der Waals surface area contributed by atoms with Crippen molar-refractivity contribution in [1.82, 2.24) is 5.32 Å². The summed E-state index contributed by atoms with van der Waals surface area (Å²) in [6, 6.07) is 7.43. The zero-order valence-corrected chi connectivity index (χ0v) is 12.3. The monoisotopic (exact) mass is 276 g/mol. The Hall–Kier alpha value is -1.39. The first-order valence-electron chi connectivity index (χ1n) is 7.30. The summed E-state index contributed by atoms with van der Waals surface area (Å²) in [5.74, 6) is 0.883. The number of rotatable bonds is 5. The summed E-state index contributed by atoms with van der Waals surface area (Å²) in [4.78, 5) is 12.1. The zero-order valence-electron chi connectivity index (χ0n) is 12.3. The van der Waals surface area contributed by atoms with Crippen LogP contribution in [0.1, 0.15) is 36.2 Å². The minimum atomic E-state index is -0.0250. The first-order valence-corrected chi connectivity index (χ1v) is 7.30. The number of ether oxygens (including phenoxy) is 1. The van der Waals surface area contributed by atoms with E-state index in [0.29, 0.717) is 30.5 Å². The molecule has 1 aliphatic heterocycles. The molecule has 1 fully saturated rings. The van der Waals surface area contributed by atoms with Crippen molar-refractivity contribution < 1.29 is 9.53 Å². The molecule has 0 aromatic heterocycles. The first kappa shape index (κ1) is 15.0. The molecule has 1 aromatic rings. The maximum atomic E-state index is 12.1. The van der Waals surface area contributed by atoms with Crippen molar-refractivity contribution in [1.29, 1.82) is 0 Å². The van der Waals surface area contributed by atoms with Gasteiger partial charge in [-0.2, -0.15) is 0 Å². The van der Waals surface area contributed by atoms with E-state index in [9.17, 15) is 4.79 Å².